The van der Waals surface area contributed by atoms with Crippen LogP contribution < -0.4 is 10.6 Å². The Kier molecular flexibility index (Phi) is 25.2. The van der Waals surface area contributed by atoms with Gasteiger partial charge in [0.05, 0.1) is 0 Å². The van der Waals surface area contributed by atoms with Crippen molar-refractivity contribution in [3.63, 3.8) is 0 Å². The first kappa shape index (κ1) is 22.1. The first-order chi connectivity index (χ1) is 7.04. The maximum Gasteiger partial charge on any atom is 0.0466 e. The third kappa shape index (κ3) is 29.4. The van der Waals surface area contributed by atoms with Gasteiger partial charge in [-0.2, -0.15) is 0 Å². The van der Waals surface area contributed by atoms with E-state index in [1.165, 1.54) is 18.6 Å². The molecule has 0 spiro atoms. The molecule has 93 valence electrons. The number of hydrogen-bond acceptors (Lipinski definition) is 3. The maximum absolute atomic E-state index is 8.93. The molecule has 0 saturated heterocycles. The molecule has 2 N–H and O–H groups in total. The summed E-state index contributed by atoms with van der Waals surface area (Å²) in [5.74, 6) is 0. The van der Waals surface area contributed by atoms with E-state index in [2.05, 4.69) is 43.4 Å². The molecule has 0 amide bonds. The molecule has 0 aliphatic rings. The number of allylic oxidation sites excluding steroid dienone is 1. The third-order valence-corrected chi connectivity index (χ3v) is 3.65. The summed E-state index contributed by atoms with van der Waals surface area (Å²) in [7, 11) is -0.755. The molecule has 0 rings (SSSR count). The van der Waals surface area contributed by atoms with Crippen LogP contribution in [0.2, 0.25) is 26.2 Å². The zero-order valence-corrected chi connectivity index (χ0v) is 16.2. The second-order valence-electron chi connectivity index (χ2n) is 4.19. The van der Waals surface area contributed by atoms with Crippen molar-refractivity contribution in [2.75, 3.05) is 19.0 Å². The molecule has 1 radical (unpaired) electrons. The zero-order chi connectivity index (χ0) is 12.1. The van der Waals surface area contributed by atoms with E-state index >= 15 is 0 Å². The smallest absolute Gasteiger partial charge is 0.0466 e. The Labute approximate surface area is 129 Å². The van der Waals surface area contributed by atoms with Crippen LogP contribution in [0.3, 0.4) is 0 Å². The molecule has 0 heterocycles. The van der Waals surface area contributed by atoms with Gasteiger partial charge in [-0.1, -0.05) is 26.2 Å². The molecule has 0 aliphatic heterocycles. The van der Waals surface area contributed by atoms with Crippen LogP contribution in [0.15, 0.2) is 12.7 Å². The van der Waals surface area contributed by atoms with E-state index in [1.807, 2.05) is 0 Å². The monoisotopic (exact) mass is 334 g/mol. The van der Waals surface area contributed by atoms with Crippen LogP contribution in [-0.2, 0) is 37.5 Å². The van der Waals surface area contributed by atoms with Crippen molar-refractivity contribution >= 4 is 23.9 Å². The number of nitrogens with one attached hydrogen (secondary N) is 2. The van der Waals surface area contributed by atoms with E-state index in [0.29, 0.717) is 0 Å². The molecule has 6 heteroatoms. The molecule has 0 aromatic heterocycles. The van der Waals surface area contributed by atoms with Crippen molar-refractivity contribution in [3.8, 4) is 0 Å². The standard InChI is InChI=1S/C7H22N2Si2.C3H3O.Y/c1-10(2)6-8-5-9-7-11(3)4;1-2-3-4;/h8-11H,5-7H2,1-4H3;2H,1H2;/q;-1;. The second-order valence-corrected chi connectivity index (χ2v) is 10.6. The number of rotatable bonds is 7. The second kappa shape index (κ2) is 18.2. The van der Waals surface area contributed by atoms with Gasteiger partial charge in [-0.15, -0.1) is 0 Å². The molecule has 0 atom stereocenters. The van der Waals surface area contributed by atoms with Gasteiger partial charge < -0.3 is 15.4 Å². The Hall–Kier alpha value is 0.868. The average molecular weight is 334 g/mol. The fraction of sp³-hybridized carbons (Fsp3) is 0.700. The molecule has 0 aliphatic carbocycles. The fourth-order valence-corrected chi connectivity index (χ4v) is 2.25. The van der Waals surface area contributed by atoms with Gasteiger partial charge in [0.25, 0.3) is 0 Å². The van der Waals surface area contributed by atoms with Gasteiger partial charge in [0.2, 0.25) is 0 Å². The summed E-state index contributed by atoms with van der Waals surface area (Å²) in [6, 6.07) is 0. The van der Waals surface area contributed by atoms with Crippen molar-refractivity contribution in [3.05, 3.63) is 12.7 Å². The van der Waals surface area contributed by atoms with Gasteiger partial charge in [0, 0.05) is 57.0 Å². The van der Waals surface area contributed by atoms with Crippen LogP contribution in [0.4, 0.5) is 0 Å². The Bertz CT molecular complexity index is 142. The predicted molar refractivity (Wildman–Crippen MR) is 74.5 cm³/mol. The molecule has 0 unspecified atom stereocenters. The summed E-state index contributed by atoms with van der Waals surface area (Å²) in [6.07, 6.45) is 5.03. The molecule has 0 aromatic rings. The molecule has 0 saturated carbocycles. The summed E-state index contributed by atoms with van der Waals surface area (Å²) >= 11 is 0. The normalized spacial score (nSPS) is 9.12. The van der Waals surface area contributed by atoms with Gasteiger partial charge in [-0.05, 0) is 18.6 Å². The van der Waals surface area contributed by atoms with Crippen molar-refractivity contribution < 1.29 is 37.5 Å². The van der Waals surface area contributed by atoms with Crippen molar-refractivity contribution in [2.45, 2.75) is 26.2 Å². The van der Waals surface area contributed by atoms with E-state index in [4.69, 9.17) is 4.79 Å². The van der Waals surface area contributed by atoms with Gasteiger partial charge in [0.1, 0.15) is 0 Å². The quantitative estimate of drug-likeness (QED) is 0.234. The molecular weight excluding hydrogens is 309 g/mol. The van der Waals surface area contributed by atoms with Crippen LogP contribution in [0.1, 0.15) is 0 Å². The van der Waals surface area contributed by atoms with Gasteiger partial charge in [-0.3, -0.25) is 0 Å². The van der Waals surface area contributed by atoms with Crippen LogP contribution >= 0.6 is 0 Å². The topological polar surface area (TPSA) is 41.1 Å². The van der Waals surface area contributed by atoms with E-state index in [-0.39, 0.29) is 50.3 Å². The summed E-state index contributed by atoms with van der Waals surface area (Å²) in [5, 5.41) is 6.83. The Balaban J connectivity index is -0.000000292. The molecule has 3 nitrogen and oxygen atoms in total. The molecule has 0 bridgehead atoms. The van der Waals surface area contributed by atoms with Gasteiger partial charge in [0.15, 0.2) is 0 Å². The van der Waals surface area contributed by atoms with E-state index < -0.39 is 0 Å². The minimum absolute atomic E-state index is 0. The van der Waals surface area contributed by atoms with Crippen LogP contribution in [-0.4, -0.2) is 42.9 Å². The maximum atomic E-state index is 8.93. The van der Waals surface area contributed by atoms with E-state index in [9.17, 15) is 0 Å². The van der Waals surface area contributed by atoms with Crippen LogP contribution in [0.5, 0.6) is 0 Å². The van der Waals surface area contributed by atoms with Crippen molar-refractivity contribution in [2.24, 2.45) is 0 Å². The first-order valence-electron chi connectivity index (χ1n) is 5.44. The number of hydrogen-bond donors (Lipinski definition) is 2. The largest absolute Gasteiger partial charge is 0.419 e. The summed E-state index contributed by atoms with van der Waals surface area (Å²) in [6.45, 7) is 13.5. The summed E-state index contributed by atoms with van der Waals surface area (Å²) < 4.78 is 0. The zero-order valence-electron chi connectivity index (χ0n) is 11.0. The SMILES string of the molecule is C=C[C-]=O.C[SiH](C)CNCNC[SiH](C)C.[Y]. The van der Waals surface area contributed by atoms with Gasteiger partial charge in [-0.25, -0.2) is 12.7 Å². The minimum Gasteiger partial charge on any atom is -0.419 e. The molecule has 0 aromatic carbocycles. The van der Waals surface area contributed by atoms with E-state index in [0.717, 1.165) is 12.7 Å². The summed E-state index contributed by atoms with van der Waals surface area (Å²) in [5.41, 5.74) is 0. The predicted octanol–water partition coefficient (Wildman–Crippen LogP) is 0.454. The van der Waals surface area contributed by atoms with E-state index in [1.54, 1.807) is 0 Å². The Morgan fingerprint density at radius 3 is 1.62 bits per heavy atom. The molecule has 16 heavy (non-hydrogen) atoms. The first-order valence-corrected chi connectivity index (χ1v) is 11.7. The third-order valence-electron chi connectivity index (χ3n) is 1.44. The van der Waals surface area contributed by atoms with Crippen LogP contribution in [0.25, 0.3) is 0 Å². The summed E-state index contributed by atoms with van der Waals surface area (Å²) in [4.78, 5) is 8.93. The molecule has 0 fully saturated rings. The Morgan fingerprint density at radius 1 is 1.12 bits per heavy atom. The van der Waals surface area contributed by atoms with Crippen molar-refractivity contribution in [1.29, 1.82) is 0 Å². The number of carbonyl (C=O) groups excluding carboxylic acids is 1. The Morgan fingerprint density at radius 2 is 1.44 bits per heavy atom. The molecular formula is C10H25N2OSi2Y-. The minimum atomic E-state index is -0.378. The average Bonchev–Trinajstić information content (AvgIpc) is 2.17. The van der Waals surface area contributed by atoms with Crippen LogP contribution in [0, 0.1) is 0 Å². The van der Waals surface area contributed by atoms with Gasteiger partial charge >= 0.3 is 0 Å². The van der Waals surface area contributed by atoms with Crippen molar-refractivity contribution in [1.82, 2.24) is 10.6 Å². The fourth-order valence-electron chi connectivity index (χ4n) is 0.810.